The summed E-state index contributed by atoms with van der Waals surface area (Å²) in [5, 5.41) is 8.77. The summed E-state index contributed by atoms with van der Waals surface area (Å²) in [4.78, 5) is 10.3. The number of carboxylic acids is 1. The van der Waals surface area contributed by atoms with Gasteiger partial charge in [-0.25, -0.2) is 17.6 Å². The summed E-state index contributed by atoms with van der Waals surface area (Å²) in [5.74, 6) is -2.77. The van der Waals surface area contributed by atoms with Gasteiger partial charge in [0.15, 0.2) is 15.6 Å². The molecule has 5 nitrogen and oxygen atoms in total. The number of ether oxygens (including phenoxy) is 1. The van der Waals surface area contributed by atoms with Gasteiger partial charge in [-0.1, -0.05) is 0 Å². The second-order valence-corrected chi connectivity index (χ2v) is 5.05. The molecule has 1 N–H and O–H groups in total. The molecule has 0 radical (unpaired) electrons. The number of halogens is 1. The van der Waals surface area contributed by atoms with Gasteiger partial charge in [0.1, 0.15) is 16.3 Å². The van der Waals surface area contributed by atoms with Crippen LogP contribution in [-0.2, 0) is 9.84 Å². The van der Waals surface area contributed by atoms with E-state index < -0.39 is 32.1 Å². The topological polar surface area (TPSA) is 80.7 Å². The lowest BCUT2D eigenvalue weighted by Crippen LogP contribution is -2.08. The fourth-order valence-corrected chi connectivity index (χ4v) is 2.07. The number of sulfone groups is 1. The normalized spacial score (nSPS) is 11.2. The van der Waals surface area contributed by atoms with Crippen LogP contribution in [0.25, 0.3) is 0 Å². The van der Waals surface area contributed by atoms with Gasteiger partial charge in [-0.15, -0.1) is 0 Å². The van der Waals surface area contributed by atoms with E-state index in [-0.39, 0.29) is 5.75 Å². The van der Waals surface area contributed by atoms with Crippen molar-refractivity contribution in [1.82, 2.24) is 0 Å². The standard InChI is InChI=1S/C9H9FO5S/c1-15-8-6(9(11)12)3-5(10)4-7(8)16(2,13)14/h3-4H,1-2H3,(H,11,12). The number of benzene rings is 1. The summed E-state index contributed by atoms with van der Waals surface area (Å²) in [7, 11) is -2.63. The Morgan fingerprint density at radius 3 is 2.38 bits per heavy atom. The van der Waals surface area contributed by atoms with E-state index >= 15 is 0 Å². The summed E-state index contributed by atoms with van der Waals surface area (Å²) in [6, 6.07) is 1.43. The highest BCUT2D eigenvalue weighted by molar-refractivity contribution is 7.90. The van der Waals surface area contributed by atoms with E-state index in [0.29, 0.717) is 6.07 Å². The van der Waals surface area contributed by atoms with Crippen LogP contribution in [-0.4, -0.2) is 32.9 Å². The van der Waals surface area contributed by atoms with E-state index in [4.69, 9.17) is 9.84 Å². The molecule has 0 aliphatic heterocycles. The Bertz CT molecular complexity index is 535. The maximum atomic E-state index is 13.1. The van der Waals surface area contributed by atoms with Crippen molar-refractivity contribution in [2.75, 3.05) is 13.4 Å². The zero-order chi connectivity index (χ0) is 12.5. The molecule has 16 heavy (non-hydrogen) atoms. The van der Waals surface area contributed by atoms with Gasteiger partial charge in [-0.05, 0) is 12.1 Å². The van der Waals surface area contributed by atoms with Crippen molar-refractivity contribution in [2.45, 2.75) is 4.90 Å². The van der Waals surface area contributed by atoms with Crippen LogP contribution < -0.4 is 4.74 Å². The fourth-order valence-electron chi connectivity index (χ4n) is 1.21. The minimum Gasteiger partial charge on any atom is -0.494 e. The molecule has 1 aromatic carbocycles. The van der Waals surface area contributed by atoms with Crippen molar-refractivity contribution in [1.29, 1.82) is 0 Å². The van der Waals surface area contributed by atoms with Crippen molar-refractivity contribution >= 4 is 15.8 Å². The molecule has 1 rings (SSSR count). The molecular formula is C9H9FO5S. The number of carbonyl (C=O) groups is 1. The van der Waals surface area contributed by atoms with Gasteiger partial charge in [-0.2, -0.15) is 0 Å². The van der Waals surface area contributed by atoms with Crippen LogP contribution in [0.4, 0.5) is 4.39 Å². The monoisotopic (exact) mass is 248 g/mol. The Hall–Kier alpha value is -1.63. The first-order chi connectivity index (χ1) is 7.27. The molecule has 0 fully saturated rings. The number of rotatable bonds is 3. The smallest absolute Gasteiger partial charge is 0.339 e. The molecule has 0 amide bonds. The molecule has 0 aromatic heterocycles. The maximum absolute atomic E-state index is 13.1. The highest BCUT2D eigenvalue weighted by atomic mass is 32.2. The van der Waals surface area contributed by atoms with Gasteiger partial charge < -0.3 is 9.84 Å². The molecule has 0 bridgehead atoms. The van der Waals surface area contributed by atoms with E-state index in [1.54, 1.807) is 0 Å². The summed E-state index contributed by atoms with van der Waals surface area (Å²) < 4.78 is 40.3. The lowest BCUT2D eigenvalue weighted by Gasteiger charge is -2.09. The molecular weight excluding hydrogens is 239 g/mol. The van der Waals surface area contributed by atoms with Crippen LogP contribution in [0.3, 0.4) is 0 Å². The predicted molar refractivity (Wildman–Crippen MR) is 53.0 cm³/mol. The number of aromatic carboxylic acids is 1. The van der Waals surface area contributed by atoms with Crippen LogP contribution in [0.15, 0.2) is 17.0 Å². The molecule has 7 heteroatoms. The Labute approximate surface area is 91.4 Å². The number of hydrogen-bond acceptors (Lipinski definition) is 4. The van der Waals surface area contributed by atoms with Crippen LogP contribution in [0, 0.1) is 5.82 Å². The third-order valence-corrected chi connectivity index (χ3v) is 2.96. The Kier molecular flexibility index (Phi) is 3.18. The average molecular weight is 248 g/mol. The van der Waals surface area contributed by atoms with E-state index in [9.17, 15) is 17.6 Å². The maximum Gasteiger partial charge on any atom is 0.339 e. The highest BCUT2D eigenvalue weighted by Crippen LogP contribution is 2.29. The Morgan fingerprint density at radius 2 is 2.00 bits per heavy atom. The molecule has 0 heterocycles. The van der Waals surface area contributed by atoms with Crippen molar-refractivity contribution < 1.29 is 27.4 Å². The third kappa shape index (κ3) is 2.30. The van der Waals surface area contributed by atoms with Crippen molar-refractivity contribution in [3.63, 3.8) is 0 Å². The highest BCUT2D eigenvalue weighted by Gasteiger charge is 2.22. The third-order valence-electron chi connectivity index (χ3n) is 1.85. The molecule has 0 aliphatic carbocycles. The zero-order valence-electron chi connectivity index (χ0n) is 8.52. The molecule has 0 spiro atoms. The van der Waals surface area contributed by atoms with Gasteiger partial charge in [0.2, 0.25) is 0 Å². The van der Waals surface area contributed by atoms with Crippen LogP contribution in [0.2, 0.25) is 0 Å². The molecule has 1 aromatic rings. The summed E-state index contributed by atoms with van der Waals surface area (Å²) in [6.45, 7) is 0. The minimum atomic E-state index is -3.75. The number of methoxy groups -OCH3 is 1. The lowest BCUT2D eigenvalue weighted by atomic mass is 10.2. The van der Waals surface area contributed by atoms with Gasteiger partial charge in [0.25, 0.3) is 0 Å². The van der Waals surface area contributed by atoms with Crippen molar-refractivity contribution in [2.24, 2.45) is 0 Å². The van der Waals surface area contributed by atoms with Crippen LogP contribution >= 0.6 is 0 Å². The van der Waals surface area contributed by atoms with E-state index in [2.05, 4.69) is 0 Å². The van der Waals surface area contributed by atoms with E-state index in [0.717, 1.165) is 19.4 Å². The minimum absolute atomic E-state index is 0.364. The molecule has 0 atom stereocenters. The fraction of sp³-hybridized carbons (Fsp3) is 0.222. The molecule has 0 aliphatic rings. The van der Waals surface area contributed by atoms with Crippen LogP contribution in [0.1, 0.15) is 10.4 Å². The van der Waals surface area contributed by atoms with Gasteiger partial charge in [0, 0.05) is 6.26 Å². The zero-order valence-corrected chi connectivity index (χ0v) is 9.34. The van der Waals surface area contributed by atoms with Crippen LogP contribution in [0.5, 0.6) is 5.75 Å². The summed E-state index contributed by atoms with van der Waals surface area (Å²) in [5.41, 5.74) is -0.525. The summed E-state index contributed by atoms with van der Waals surface area (Å²) >= 11 is 0. The first-order valence-corrected chi connectivity index (χ1v) is 5.97. The lowest BCUT2D eigenvalue weighted by molar-refractivity contribution is 0.0692. The van der Waals surface area contributed by atoms with Gasteiger partial charge >= 0.3 is 5.97 Å². The van der Waals surface area contributed by atoms with E-state index in [1.165, 1.54) is 0 Å². The molecule has 0 saturated heterocycles. The van der Waals surface area contributed by atoms with Gasteiger partial charge in [0.05, 0.1) is 7.11 Å². The first kappa shape index (κ1) is 12.4. The Balaban J connectivity index is 3.68. The average Bonchev–Trinajstić information content (AvgIpc) is 2.14. The van der Waals surface area contributed by atoms with Crippen molar-refractivity contribution in [3.8, 4) is 5.75 Å². The van der Waals surface area contributed by atoms with Gasteiger partial charge in [-0.3, -0.25) is 0 Å². The largest absolute Gasteiger partial charge is 0.494 e. The number of carboxylic acid groups (broad SMARTS) is 1. The van der Waals surface area contributed by atoms with Crippen molar-refractivity contribution in [3.05, 3.63) is 23.5 Å². The second kappa shape index (κ2) is 4.09. The quantitative estimate of drug-likeness (QED) is 0.860. The number of hydrogen-bond donors (Lipinski definition) is 1. The molecule has 0 saturated carbocycles. The Morgan fingerprint density at radius 1 is 1.44 bits per heavy atom. The first-order valence-electron chi connectivity index (χ1n) is 4.08. The molecule has 0 unspecified atom stereocenters. The second-order valence-electron chi connectivity index (χ2n) is 3.06. The predicted octanol–water partition coefficient (Wildman–Crippen LogP) is 0.936. The molecule has 88 valence electrons. The summed E-state index contributed by atoms with van der Waals surface area (Å²) in [6.07, 6.45) is 0.843. The SMILES string of the molecule is COc1c(C(=O)O)cc(F)cc1S(C)(=O)=O. The van der Waals surface area contributed by atoms with E-state index in [1.807, 2.05) is 0 Å².